The van der Waals surface area contributed by atoms with E-state index in [1.807, 2.05) is 6.92 Å². The lowest BCUT2D eigenvalue weighted by Crippen LogP contribution is -2.14. The number of aromatic amines is 1. The van der Waals surface area contributed by atoms with Crippen LogP contribution in [0.15, 0.2) is 29.3 Å². The minimum absolute atomic E-state index is 0.127. The maximum Gasteiger partial charge on any atom is 0.254 e. The summed E-state index contributed by atoms with van der Waals surface area (Å²) in [6.45, 7) is 2.01. The first-order valence-electron chi connectivity index (χ1n) is 5.65. The number of H-pyrrole nitrogens is 1. The lowest BCUT2D eigenvalue weighted by Gasteiger charge is -2.08. The summed E-state index contributed by atoms with van der Waals surface area (Å²) < 4.78 is 0. The third kappa shape index (κ3) is 2.57. The molecule has 0 bridgehead atoms. The fourth-order valence-electron chi connectivity index (χ4n) is 1.82. The van der Waals surface area contributed by atoms with E-state index in [0.717, 1.165) is 6.42 Å². The molecule has 94 valence electrons. The molecule has 2 aromatic rings. The van der Waals surface area contributed by atoms with E-state index in [1.54, 1.807) is 18.2 Å². The zero-order valence-electron chi connectivity index (χ0n) is 9.84. The number of rotatable bonds is 3. The number of nitrogens with one attached hydrogen (secondary N) is 1. The van der Waals surface area contributed by atoms with Crippen molar-refractivity contribution in [1.29, 1.82) is 0 Å². The van der Waals surface area contributed by atoms with Crippen molar-refractivity contribution in [3.05, 3.63) is 50.5 Å². The second-order valence-electron chi connectivity index (χ2n) is 3.93. The van der Waals surface area contributed by atoms with E-state index in [1.165, 1.54) is 6.33 Å². The van der Waals surface area contributed by atoms with Gasteiger partial charge in [0.2, 0.25) is 0 Å². The van der Waals surface area contributed by atoms with Crippen LogP contribution in [0, 0.1) is 0 Å². The largest absolute Gasteiger partial charge is 0.313 e. The van der Waals surface area contributed by atoms with Crippen LogP contribution in [-0.2, 0) is 6.42 Å². The fraction of sp³-hybridized carbons (Fsp3) is 0.231. The van der Waals surface area contributed by atoms with E-state index < -0.39 is 0 Å². The molecule has 0 saturated carbocycles. The van der Waals surface area contributed by atoms with Gasteiger partial charge in [-0.2, -0.15) is 0 Å². The molecule has 0 amide bonds. The Morgan fingerprint density at radius 3 is 2.83 bits per heavy atom. The molecule has 0 aliphatic rings. The van der Waals surface area contributed by atoms with Crippen molar-refractivity contribution in [2.24, 2.45) is 0 Å². The zero-order valence-corrected chi connectivity index (χ0v) is 11.3. The van der Waals surface area contributed by atoms with Gasteiger partial charge < -0.3 is 4.98 Å². The molecule has 0 unspecified atom stereocenters. The average Bonchev–Trinajstić information content (AvgIpc) is 2.35. The Kier molecular flexibility index (Phi) is 4.04. The third-order valence-corrected chi connectivity index (χ3v) is 3.20. The Hall–Kier alpha value is -1.32. The molecule has 18 heavy (non-hydrogen) atoms. The quantitative estimate of drug-likeness (QED) is 0.933. The molecule has 0 aliphatic heterocycles. The van der Waals surface area contributed by atoms with E-state index in [0.29, 0.717) is 33.3 Å². The molecule has 2 rings (SSSR count). The zero-order chi connectivity index (χ0) is 13.1. The predicted molar refractivity (Wildman–Crippen MR) is 74.3 cm³/mol. The first kappa shape index (κ1) is 13.1. The van der Waals surface area contributed by atoms with Gasteiger partial charge in [0, 0.05) is 16.1 Å². The first-order chi connectivity index (χ1) is 8.63. The number of halogens is 2. The SMILES string of the molecule is CCCc1c(-c2cc(Cl)ccc2Cl)nc[nH]c1=O. The van der Waals surface area contributed by atoms with E-state index in [9.17, 15) is 4.79 Å². The van der Waals surface area contributed by atoms with Gasteiger partial charge in [0.25, 0.3) is 5.56 Å². The van der Waals surface area contributed by atoms with Crippen molar-refractivity contribution >= 4 is 23.2 Å². The van der Waals surface area contributed by atoms with Crippen molar-refractivity contribution in [2.75, 3.05) is 0 Å². The molecule has 1 aromatic heterocycles. The van der Waals surface area contributed by atoms with E-state index in [4.69, 9.17) is 23.2 Å². The lowest BCUT2D eigenvalue weighted by atomic mass is 10.0. The number of hydrogen-bond acceptors (Lipinski definition) is 2. The molecule has 5 heteroatoms. The highest BCUT2D eigenvalue weighted by molar-refractivity contribution is 6.35. The van der Waals surface area contributed by atoms with E-state index >= 15 is 0 Å². The molecule has 0 saturated heterocycles. The summed E-state index contributed by atoms with van der Waals surface area (Å²) in [5.74, 6) is 0. The van der Waals surface area contributed by atoms with Crippen LogP contribution >= 0.6 is 23.2 Å². The lowest BCUT2D eigenvalue weighted by molar-refractivity contribution is 0.888. The van der Waals surface area contributed by atoms with Gasteiger partial charge >= 0.3 is 0 Å². The minimum Gasteiger partial charge on any atom is -0.313 e. The van der Waals surface area contributed by atoms with Gasteiger partial charge in [-0.15, -0.1) is 0 Å². The second-order valence-corrected chi connectivity index (χ2v) is 4.78. The third-order valence-electron chi connectivity index (χ3n) is 2.63. The molecular weight excluding hydrogens is 271 g/mol. The normalized spacial score (nSPS) is 10.6. The van der Waals surface area contributed by atoms with Gasteiger partial charge in [-0.1, -0.05) is 36.5 Å². The Bertz CT molecular complexity index is 623. The van der Waals surface area contributed by atoms with Crippen molar-refractivity contribution < 1.29 is 0 Å². The van der Waals surface area contributed by atoms with Gasteiger partial charge in [-0.3, -0.25) is 4.79 Å². The van der Waals surface area contributed by atoms with E-state index in [-0.39, 0.29) is 5.56 Å². The Labute approximate surface area is 115 Å². The highest BCUT2D eigenvalue weighted by Gasteiger charge is 2.13. The Morgan fingerprint density at radius 2 is 2.11 bits per heavy atom. The van der Waals surface area contributed by atoms with Crippen molar-refractivity contribution in [2.45, 2.75) is 19.8 Å². The van der Waals surface area contributed by atoms with Crippen molar-refractivity contribution in [3.8, 4) is 11.3 Å². The molecule has 0 atom stereocenters. The predicted octanol–water partition coefficient (Wildman–Crippen LogP) is 3.70. The Morgan fingerprint density at radius 1 is 1.33 bits per heavy atom. The van der Waals surface area contributed by atoms with Crippen LogP contribution in [0.1, 0.15) is 18.9 Å². The van der Waals surface area contributed by atoms with Gasteiger partial charge in [0.1, 0.15) is 0 Å². The number of nitrogens with zero attached hydrogens (tertiary/aromatic N) is 1. The molecule has 0 radical (unpaired) electrons. The molecule has 1 N–H and O–H groups in total. The van der Waals surface area contributed by atoms with Crippen LogP contribution in [0.2, 0.25) is 10.0 Å². The second kappa shape index (κ2) is 5.55. The molecule has 1 aromatic carbocycles. The van der Waals surface area contributed by atoms with Crippen LogP contribution in [0.3, 0.4) is 0 Å². The number of hydrogen-bond donors (Lipinski definition) is 1. The molecule has 3 nitrogen and oxygen atoms in total. The van der Waals surface area contributed by atoms with Crippen LogP contribution in [-0.4, -0.2) is 9.97 Å². The van der Waals surface area contributed by atoms with Crippen molar-refractivity contribution in [1.82, 2.24) is 9.97 Å². The summed E-state index contributed by atoms with van der Waals surface area (Å²) in [7, 11) is 0. The molecule has 0 spiro atoms. The summed E-state index contributed by atoms with van der Waals surface area (Å²) in [5.41, 5.74) is 1.81. The summed E-state index contributed by atoms with van der Waals surface area (Å²) in [6.07, 6.45) is 2.90. The highest BCUT2D eigenvalue weighted by atomic mass is 35.5. The maximum absolute atomic E-state index is 11.8. The monoisotopic (exact) mass is 282 g/mol. The standard InChI is InChI=1S/C13H12Cl2N2O/c1-2-3-9-12(16-7-17-13(9)18)10-6-8(14)4-5-11(10)15/h4-7H,2-3H2,1H3,(H,16,17,18). The number of benzene rings is 1. The smallest absolute Gasteiger partial charge is 0.254 e. The topological polar surface area (TPSA) is 45.8 Å². The summed E-state index contributed by atoms with van der Waals surface area (Å²) >= 11 is 12.1. The van der Waals surface area contributed by atoms with Gasteiger partial charge in [0.05, 0.1) is 17.0 Å². The van der Waals surface area contributed by atoms with Gasteiger partial charge in [-0.05, 0) is 24.6 Å². The summed E-state index contributed by atoms with van der Waals surface area (Å²) in [5, 5.41) is 1.11. The minimum atomic E-state index is -0.127. The van der Waals surface area contributed by atoms with Crippen LogP contribution < -0.4 is 5.56 Å². The average molecular weight is 283 g/mol. The Balaban J connectivity index is 2.67. The van der Waals surface area contributed by atoms with Gasteiger partial charge in [0.15, 0.2) is 0 Å². The molecule has 0 fully saturated rings. The first-order valence-corrected chi connectivity index (χ1v) is 6.41. The molecule has 1 heterocycles. The van der Waals surface area contributed by atoms with Crippen LogP contribution in [0.25, 0.3) is 11.3 Å². The van der Waals surface area contributed by atoms with Crippen molar-refractivity contribution in [3.63, 3.8) is 0 Å². The molecule has 0 aliphatic carbocycles. The summed E-state index contributed by atoms with van der Waals surface area (Å²) in [6, 6.07) is 5.14. The maximum atomic E-state index is 11.8. The highest BCUT2D eigenvalue weighted by Crippen LogP contribution is 2.30. The van der Waals surface area contributed by atoms with E-state index in [2.05, 4.69) is 9.97 Å². The fourth-order valence-corrected chi connectivity index (χ4v) is 2.20. The number of aromatic nitrogens is 2. The van der Waals surface area contributed by atoms with Gasteiger partial charge in [-0.25, -0.2) is 4.98 Å². The van der Waals surface area contributed by atoms with Crippen LogP contribution in [0.4, 0.5) is 0 Å². The summed E-state index contributed by atoms with van der Waals surface area (Å²) in [4.78, 5) is 18.6. The molecular formula is C13H12Cl2N2O. The van der Waals surface area contributed by atoms with Crippen LogP contribution in [0.5, 0.6) is 0 Å².